The molecule has 1 unspecified atom stereocenters. The lowest BCUT2D eigenvalue weighted by Crippen LogP contribution is -2.42. The monoisotopic (exact) mass is 274 g/mol. The molecule has 0 radical (unpaired) electrons. The fourth-order valence-corrected chi connectivity index (χ4v) is 3.75. The molecule has 1 aromatic rings. The smallest absolute Gasteiger partial charge is 0.0325 e. The van der Waals surface area contributed by atoms with Crippen LogP contribution in [0.4, 0.5) is 0 Å². The summed E-state index contributed by atoms with van der Waals surface area (Å²) in [5.41, 5.74) is 10.3. The minimum Gasteiger partial charge on any atom is -0.328 e. The summed E-state index contributed by atoms with van der Waals surface area (Å²) in [7, 11) is 0. The van der Waals surface area contributed by atoms with Crippen molar-refractivity contribution in [3.8, 4) is 0 Å². The Kier molecular flexibility index (Phi) is 5.22. The van der Waals surface area contributed by atoms with Crippen LogP contribution in [0.3, 0.4) is 0 Å². The second kappa shape index (κ2) is 6.73. The van der Waals surface area contributed by atoms with E-state index in [9.17, 15) is 0 Å². The van der Waals surface area contributed by atoms with Crippen LogP contribution in [0.15, 0.2) is 18.2 Å². The van der Waals surface area contributed by atoms with E-state index in [4.69, 9.17) is 5.73 Å². The van der Waals surface area contributed by atoms with Crippen molar-refractivity contribution in [1.82, 2.24) is 4.90 Å². The Bertz CT molecular complexity index is 433. The highest BCUT2D eigenvalue weighted by Crippen LogP contribution is 2.31. The van der Waals surface area contributed by atoms with Crippen LogP contribution < -0.4 is 5.73 Å². The zero-order valence-electron chi connectivity index (χ0n) is 13.5. The number of nitrogens with zero attached hydrogens (tertiary/aromatic N) is 1. The Balaban J connectivity index is 2.14. The molecule has 20 heavy (non-hydrogen) atoms. The van der Waals surface area contributed by atoms with Gasteiger partial charge in [-0.2, -0.15) is 0 Å². The molecule has 0 bridgehead atoms. The van der Waals surface area contributed by atoms with Crippen molar-refractivity contribution in [2.75, 3.05) is 6.54 Å². The summed E-state index contributed by atoms with van der Waals surface area (Å²) in [6, 6.07) is 8.49. The second-order valence-electron chi connectivity index (χ2n) is 6.44. The number of nitrogens with two attached hydrogens (primary N) is 1. The summed E-state index contributed by atoms with van der Waals surface area (Å²) in [4.78, 5) is 2.67. The maximum Gasteiger partial charge on any atom is 0.0325 e. The van der Waals surface area contributed by atoms with Gasteiger partial charge >= 0.3 is 0 Å². The molecule has 112 valence electrons. The maximum absolute atomic E-state index is 6.05. The van der Waals surface area contributed by atoms with Crippen molar-refractivity contribution in [1.29, 1.82) is 0 Å². The topological polar surface area (TPSA) is 29.3 Å². The highest BCUT2D eigenvalue weighted by Gasteiger charge is 2.27. The lowest BCUT2D eigenvalue weighted by atomic mass is 9.88. The van der Waals surface area contributed by atoms with Crippen molar-refractivity contribution in [2.45, 2.75) is 71.5 Å². The van der Waals surface area contributed by atoms with Gasteiger partial charge in [-0.3, -0.25) is 4.90 Å². The third kappa shape index (κ3) is 3.42. The number of hydrogen-bond acceptors (Lipinski definition) is 2. The lowest BCUT2D eigenvalue weighted by molar-refractivity contribution is 0.114. The van der Waals surface area contributed by atoms with Crippen LogP contribution in [-0.2, 0) is 0 Å². The first-order chi connectivity index (χ1) is 9.52. The molecular formula is C18H30N2. The quantitative estimate of drug-likeness (QED) is 0.900. The molecule has 1 aliphatic carbocycles. The van der Waals surface area contributed by atoms with Gasteiger partial charge < -0.3 is 5.73 Å². The van der Waals surface area contributed by atoms with E-state index in [2.05, 4.69) is 50.8 Å². The Labute approximate surface area is 124 Å². The highest BCUT2D eigenvalue weighted by atomic mass is 15.2. The summed E-state index contributed by atoms with van der Waals surface area (Å²) >= 11 is 0. The highest BCUT2D eigenvalue weighted by molar-refractivity contribution is 5.32. The van der Waals surface area contributed by atoms with Gasteiger partial charge in [-0.05, 0) is 64.1 Å². The summed E-state index contributed by atoms with van der Waals surface area (Å²) in [6.07, 6.45) is 4.87. The maximum atomic E-state index is 6.05. The Morgan fingerprint density at radius 2 is 1.85 bits per heavy atom. The Morgan fingerprint density at radius 1 is 1.20 bits per heavy atom. The first-order valence-electron chi connectivity index (χ1n) is 8.11. The third-order valence-electron chi connectivity index (χ3n) is 4.95. The summed E-state index contributed by atoms with van der Waals surface area (Å²) in [5, 5.41) is 0. The van der Waals surface area contributed by atoms with Gasteiger partial charge in [0.15, 0.2) is 0 Å². The molecule has 0 aromatic heterocycles. The minimum absolute atomic E-state index is 0.432. The van der Waals surface area contributed by atoms with Gasteiger partial charge in [0.05, 0.1) is 0 Å². The van der Waals surface area contributed by atoms with Gasteiger partial charge in [0.25, 0.3) is 0 Å². The van der Waals surface area contributed by atoms with Crippen LogP contribution in [-0.4, -0.2) is 23.5 Å². The molecule has 1 saturated carbocycles. The van der Waals surface area contributed by atoms with E-state index in [0.717, 1.165) is 6.54 Å². The number of aryl methyl sites for hydroxylation is 2. The van der Waals surface area contributed by atoms with Crippen LogP contribution in [0.1, 0.15) is 62.3 Å². The van der Waals surface area contributed by atoms with E-state index in [0.29, 0.717) is 18.1 Å². The minimum atomic E-state index is 0.432. The van der Waals surface area contributed by atoms with Gasteiger partial charge in [0, 0.05) is 18.1 Å². The average Bonchev–Trinajstić information content (AvgIpc) is 2.41. The predicted octanol–water partition coefficient (Wildman–Crippen LogP) is 3.96. The molecule has 0 heterocycles. The largest absolute Gasteiger partial charge is 0.328 e. The molecule has 0 spiro atoms. The number of rotatable bonds is 4. The average molecular weight is 274 g/mol. The standard InChI is InChI=1S/C18H30N2/c1-5-20(17-9-7-16(19)8-10-17)15(4)18-11-6-13(2)12-14(18)3/h6,11-12,15-17H,5,7-10,19H2,1-4H3. The zero-order chi connectivity index (χ0) is 14.7. The normalized spacial score (nSPS) is 24.9. The van der Waals surface area contributed by atoms with Gasteiger partial charge in [0.2, 0.25) is 0 Å². The molecule has 1 aromatic carbocycles. The molecule has 1 aliphatic rings. The summed E-state index contributed by atoms with van der Waals surface area (Å²) in [6.45, 7) is 10.2. The van der Waals surface area contributed by atoms with Crippen LogP contribution in [0.25, 0.3) is 0 Å². The number of benzene rings is 1. The fourth-order valence-electron chi connectivity index (χ4n) is 3.75. The molecule has 0 saturated heterocycles. The first-order valence-corrected chi connectivity index (χ1v) is 8.11. The van der Waals surface area contributed by atoms with Gasteiger partial charge in [0.1, 0.15) is 0 Å². The van der Waals surface area contributed by atoms with E-state index >= 15 is 0 Å². The molecule has 0 amide bonds. The zero-order valence-corrected chi connectivity index (χ0v) is 13.5. The van der Waals surface area contributed by atoms with E-state index in [1.165, 1.54) is 42.4 Å². The predicted molar refractivity (Wildman–Crippen MR) is 86.9 cm³/mol. The van der Waals surface area contributed by atoms with Crippen LogP contribution in [0.2, 0.25) is 0 Å². The fraction of sp³-hybridized carbons (Fsp3) is 0.667. The molecular weight excluding hydrogens is 244 g/mol. The molecule has 2 N–H and O–H groups in total. The summed E-state index contributed by atoms with van der Waals surface area (Å²) in [5.74, 6) is 0. The summed E-state index contributed by atoms with van der Waals surface area (Å²) < 4.78 is 0. The van der Waals surface area contributed by atoms with Gasteiger partial charge in [-0.1, -0.05) is 30.7 Å². The molecule has 0 aliphatic heterocycles. The Morgan fingerprint density at radius 3 is 2.40 bits per heavy atom. The third-order valence-corrected chi connectivity index (χ3v) is 4.95. The lowest BCUT2D eigenvalue weighted by Gasteiger charge is -2.39. The van der Waals surface area contributed by atoms with E-state index in [1.54, 1.807) is 0 Å². The first kappa shape index (κ1) is 15.5. The van der Waals surface area contributed by atoms with Crippen LogP contribution in [0, 0.1) is 13.8 Å². The molecule has 2 rings (SSSR count). The molecule has 2 heteroatoms. The van der Waals surface area contributed by atoms with Crippen molar-refractivity contribution in [3.63, 3.8) is 0 Å². The van der Waals surface area contributed by atoms with Gasteiger partial charge in [-0.25, -0.2) is 0 Å². The molecule has 1 fully saturated rings. The van der Waals surface area contributed by atoms with Crippen LogP contribution >= 0.6 is 0 Å². The van der Waals surface area contributed by atoms with Crippen LogP contribution in [0.5, 0.6) is 0 Å². The second-order valence-corrected chi connectivity index (χ2v) is 6.44. The molecule has 1 atom stereocenters. The van der Waals surface area contributed by atoms with E-state index < -0.39 is 0 Å². The van der Waals surface area contributed by atoms with Crippen molar-refractivity contribution < 1.29 is 0 Å². The van der Waals surface area contributed by atoms with Gasteiger partial charge in [-0.15, -0.1) is 0 Å². The SMILES string of the molecule is CCN(C1CCC(N)CC1)C(C)c1ccc(C)cc1C. The molecule has 2 nitrogen and oxygen atoms in total. The van der Waals surface area contributed by atoms with E-state index in [-0.39, 0.29) is 0 Å². The Hall–Kier alpha value is -0.860. The number of hydrogen-bond donors (Lipinski definition) is 1. The van der Waals surface area contributed by atoms with Crippen molar-refractivity contribution >= 4 is 0 Å². The van der Waals surface area contributed by atoms with Crippen molar-refractivity contribution in [2.24, 2.45) is 5.73 Å². The van der Waals surface area contributed by atoms with Crippen molar-refractivity contribution in [3.05, 3.63) is 34.9 Å². The van der Waals surface area contributed by atoms with E-state index in [1.807, 2.05) is 0 Å².